The van der Waals surface area contributed by atoms with E-state index >= 15 is 0 Å². The highest BCUT2D eigenvalue weighted by Gasteiger charge is 2.29. The number of carboxylic acid groups (broad SMARTS) is 1. The molecule has 188 valence electrons. The summed E-state index contributed by atoms with van der Waals surface area (Å²) in [5, 5.41) is 13.9. The van der Waals surface area contributed by atoms with Gasteiger partial charge >= 0.3 is 12.1 Å². The van der Waals surface area contributed by atoms with E-state index in [9.17, 15) is 14.7 Å². The Labute approximate surface area is 202 Å². The van der Waals surface area contributed by atoms with Crippen molar-refractivity contribution in [3.8, 4) is 0 Å². The number of hydrogen-bond donors (Lipinski definition) is 2. The molecular weight excluding hydrogens is 452 g/mol. The van der Waals surface area contributed by atoms with Gasteiger partial charge in [-0.2, -0.15) is 0 Å². The molecule has 1 aliphatic heterocycles. The number of carbonyl (C=O) groups is 2. The predicted octanol–water partition coefficient (Wildman–Crippen LogP) is 4.86. The van der Waals surface area contributed by atoms with Crippen molar-refractivity contribution in [2.45, 2.75) is 77.7 Å². The Balaban J connectivity index is 1.77. The standard InChI is InChI=1S/C24H38N4O5Si/c1-24(2,3)33-23(31)27-10-7-8-17(15-27)26-20-18-9-11-28(16-32-12-13-34(4,5)6)21(18)25-14-19(20)22(29)30/h9,11,14,17H,7-8,10,12-13,15-16H2,1-6H3,(H,25,26)(H,29,30)/t17-/m1/s1. The number of piperidine rings is 1. The lowest BCUT2D eigenvalue weighted by Gasteiger charge is -2.35. The number of carbonyl (C=O) groups excluding carboxylic acids is 1. The highest BCUT2D eigenvalue weighted by atomic mass is 28.3. The summed E-state index contributed by atoms with van der Waals surface area (Å²) in [6, 6.07) is 2.85. The van der Waals surface area contributed by atoms with Crippen molar-refractivity contribution in [1.82, 2.24) is 14.5 Å². The van der Waals surface area contributed by atoms with Gasteiger partial charge in [0.05, 0.1) is 5.69 Å². The molecule has 0 spiro atoms. The third kappa shape index (κ3) is 6.96. The number of aromatic nitrogens is 2. The van der Waals surface area contributed by atoms with Crippen molar-refractivity contribution >= 4 is 36.9 Å². The number of likely N-dealkylation sites (tertiary alicyclic amines) is 1. The molecular formula is C24H38N4O5Si. The van der Waals surface area contributed by atoms with Crippen LogP contribution in [-0.4, -0.2) is 71.0 Å². The van der Waals surface area contributed by atoms with Crippen molar-refractivity contribution in [1.29, 1.82) is 0 Å². The summed E-state index contributed by atoms with van der Waals surface area (Å²) in [5.74, 6) is -1.05. The molecule has 1 saturated heterocycles. The van der Waals surface area contributed by atoms with Gasteiger partial charge in [-0.05, 0) is 45.7 Å². The topological polar surface area (TPSA) is 106 Å². The van der Waals surface area contributed by atoms with Gasteiger partial charge in [0.1, 0.15) is 23.5 Å². The van der Waals surface area contributed by atoms with Crippen LogP contribution >= 0.6 is 0 Å². The molecule has 0 aliphatic carbocycles. The SMILES string of the molecule is CC(C)(C)OC(=O)N1CCC[C@@H](Nc2c(C(=O)O)cnc3c2ccn3COCC[Si](C)(C)C)C1. The maximum atomic E-state index is 12.5. The van der Waals surface area contributed by atoms with Crippen molar-refractivity contribution in [2.75, 3.05) is 25.0 Å². The van der Waals surface area contributed by atoms with Gasteiger partial charge in [0.15, 0.2) is 0 Å². The highest BCUT2D eigenvalue weighted by molar-refractivity contribution is 6.76. The molecule has 2 aromatic heterocycles. The van der Waals surface area contributed by atoms with Crippen LogP contribution < -0.4 is 5.32 Å². The average Bonchev–Trinajstić information content (AvgIpc) is 3.13. The molecule has 3 heterocycles. The summed E-state index contributed by atoms with van der Waals surface area (Å²) in [7, 11) is -1.18. The minimum atomic E-state index is -1.18. The minimum absolute atomic E-state index is 0.0960. The van der Waals surface area contributed by atoms with Gasteiger partial charge in [0, 0.05) is 51.6 Å². The second kappa shape index (κ2) is 10.3. The van der Waals surface area contributed by atoms with Crippen molar-refractivity contribution in [2.24, 2.45) is 0 Å². The number of pyridine rings is 1. The summed E-state index contributed by atoms with van der Waals surface area (Å²) < 4.78 is 13.3. The molecule has 0 unspecified atom stereocenters. The van der Waals surface area contributed by atoms with Gasteiger partial charge in [-0.3, -0.25) is 0 Å². The van der Waals surface area contributed by atoms with E-state index in [1.54, 1.807) is 4.90 Å². The number of aromatic carboxylic acids is 1. The van der Waals surface area contributed by atoms with Gasteiger partial charge in [0.25, 0.3) is 0 Å². The van der Waals surface area contributed by atoms with Gasteiger partial charge in [0.2, 0.25) is 0 Å². The number of anilines is 1. The first-order valence-corrected chi connectivity index (χ1v) is 15.6. The molecule has 10 heteroatoms. The minimum Gasteiger partial charge on any atom is -0.478 e. The first-order valence-electron chi connectivity index (χ1n) is 11.9. The number of ether oxygens (including phenoxy) is 2. The lowest BCUT2D eigenvalue weighted by atomic mass is 10.0. The summed E-state index contributed by atoms with van der Waals surface area (Å²) in [6.45, 7) is 14.6. The molecule has 0 radical (unpaired) electrons. The second-order valence-electron chi connectivity index (χ2n) is 11.1. The summed E-state index contributed by atoms with van der Waals surface area (Å²) >= 11 is 0. The number of fused-ring (bicyclic) bond motifs is 1. The van der Waals surface area contributed by atoms with Crippen LogP contribution in [0.1, 0.15) is 44.0 Å². The van der Waals surface area contributed by atoms with Crippen LogP contribution in [0.5, 0.6) is 0 Å². The zero-order valence-electron chi connectivity index (χ0n) is 21.2. The fraction of sp³-hybridized carbons (Fsp3) is 0.625. The second-order valence-corrected chi connectivity index (χ2v) is 16.8. The normalized spacial score (nSPS) is 17.1. The summed E-state index contributed by atoms with van der Waals surface area (Å²) in [6.07, 6.45) is 4.54. The zero-order chi connectivity index (χ0) is 25.1. The molecule has 0 saturated carbocycles. The van der Waals surface area contributed by atoms with Crippen LogP contribution in [0.3, 0.4) is 0 Å². The molecule has 1 fully saturated rings. The zero-order valence-corrected chi connectivity index (χ0v) is 22.2. The first kappa shape index (κ1) is 26.0. The molecule has 0 aromatic carbocycles. The Hall–Kier alpha value is -2.59. The van der Waals surface area contributed by atoms with E-state index in [-0.39, 0.29) is 17.7 Å². The monoisotopic (exact) mass is 490 g/mol. The van der Waals surface area contributed by atoms with E-state index < -0.39 is 19.6 Å². The van der Waals surface area contributed by atoms with Gasteiger partial charge in [-0.15, -0.1) is 0 Å². The van der Waals surface area contributed by atoms with E-state index in [0.717, 1.165) is 24.3 Å². The molecule has 1 amide bonds. The van der Waals surface area contributed by atoms with Crippen LogP contribution in [0.15, 0.2) is 18.5 Å². The first-order chi connectivity index (χ1) is 15.8. The molecule has 9 nitrogen and oxygen atoms in total. The molecule has 1 atom stereocenters. The Morgan fingerprint density at radius 3 is 2.68 bits per heavy atom. The molecule has 3 rings (SSSR count). The van der Waals surface area contributed by atoms with Gasteiger partial charge < -0.3 is 29.4 Å². The Morgan fingerprint density at radius 2 is 2.03 bits per heavy atom. The van der Waals surface area contributed by atoms with Crippen LogP contribution in [0.4, 0.5) is 10.5 Å². The fourth-order valence-corrected chi connectivity index (χ4v) is 4.65. The van der Waals surface area contributed by atoms with Crippen LogP contribution in [-0.2, 0) is 16.2 Å². The maximum absolute atomic E-state index is 12.5. The summed E-state index contributed by atoms with van der Waals surface area (Å²) in [4.78, 5) is 30.6. The number of amides is 1. The lowest BCUT2D eigenvalue weighted by Crippen LogP contribution is -2.47. The number of hydrogen-bond acceptors (Lipinski definition) is 6. The van der Waals surface area contributed by atoms with Crippen molar-refractivity contribution < 1.29 is 24.2 Å². The smallest absolute Gasteiger partial charge is 0.410 e. The van der Waals surface area contributed by atoms with E-state index in [4.69, 9.17) is 9.47 Å². The van der Waals surface area contributed by atoms with E-state index in [1.807, 2.05) is 37.6 Å². The molecule has 2 aromatic rings. The van der Waals surface area contributed by atoms with Crippen LogP contribution in [0.2, 0.25) is 25.7 Å². The predicted molar refractivity (Wildman–Crippen MR) is 135 cm³/mol. The number of carboxylic acids is 1. The Morgan fingerprint density at radius 1 is 1.29 bits per heavy atom. The van der Waals surface area contributed by atoms with E-state index in [0.29, 0.717) is 37.8 Å². The number of rotatable bonds is 8. The molecule has 1 aliphatic rings. The van der Waals surface area contributed by atoms with Crippen LogP contribution in [0.25, 0.3) is 11.0 Å². The Bertz CT molecular complexity index is 1020. The van der Waals surface area contributed by atoms with E-state index in [1.165, 1.54) is 6.20 Å². The summed E-state index contributed by atoms with van der Waals surface area (Å²) in [5.41, 5.74) is 0.736. The number of nitrogens with zero attached hydrogens (tertiary/aromatic N) is 3. The third-order valence-corrected chi connectivity index (χ3v) is 7.37. The van der Waals surface area contributed by atoms with E-state index in [2.05, 4.69) is 29.9 Å². The lowest BCUT2D eigenvalue weighted by molar-refractivity contribution is 0.0206. The number of nitrogens with one attached hydrogen (secondary N) is 1. The van der Waals surface area contributed by atoms with Gasteiger partial charge in [-0.1, -0.05) is 19.6 Å². The average molecular weight is 491 g/mol. The van der Waals surface area contributed by atoms with Crippen molar-refractivity contribution in [3.05, 3.63) is 24.0 Å². The molecule has 2 N–H and O–H groups in total. The highest BCUT2D eigenvalue weighted by Crippen LogP contribution is 2.29. The molecule has 0 bridgehead atoms. The quantitative estimate of drug-likeness (QED) is 0.402. The Kier molecular flexibility index (Phi) is 7.92. The van der Waals surface area contributed by atoms with Crippen LogP contribution in [0, 0.1) is 0 Å². The largest absolute Gasteiger partial charge is 0.478 e. The fourth-order valence-electron chi connectivity index (χ4n) is 3.89. The molecule has 34 heavy (non-hydrogen) atoms. The van der Waals surface area contributed by atoms with Crippen molar-refractivity contribution in [3.63, 3.8) is 0 Å². The van der Waals surface area contributed by atoms with Gasteiger partial charge in [-0.25, -0.2) is 14.6 Å². The third-order valence-electron chi connectivity index (χ3n) is 5.67. The maximum Gasteiger partial charge on any atom is 0.410 e.